The van der Waals surface area contributed by atoms with E-state index >= 15 is 0 Å². The van der Waals surface area contributed by atoms with Crippen LogP contribution in [0.3, 0.4) is 0 Å². The maximum atomic E-state index is 12.1. The molecule has 0 fully saturated rings. The van der Waals surface area contributed by atoms with Crippen molar-refractivity contribution in [3.8, 4) is 0 Å². The molecule has 0 aliphatic rings. The molecular formula is C15H15NO. The van der Waals surface area contributed by atoms with Crippen molar-refractivity contribution in [1.29, 1.82) is 0 Å². The molecule has 2 rings (SSSR count). The van der Waals surface area contributed by atoms with Crippen LogP contribution in [-0.4, -0.2) is 10.8 Å². The summed E-state index contributed by atoms with van der Waals surface area (Å²) in [6, 6.07) is 11.5. The lowest BCUT2D eigenvalue weighted by Gasteiger charge is -2.03. The van der Waals surface area contributed by atoms with Gasteiger partial charge in [0.25, 0.3) is 0 Å². The number of ketones is 1. The Labute approximate surface area is 101 Å². The summed E-state index contributed by atoms with van der Waals surface area (Å²) >= 11 is 0. The second-order valence-electron chi connectivity index (χ2n) is 4.27. The van der Waals surface area contributed by atoms with Crippen molar-refractivity contribution in [2.75, 3.05) is 0 Å². The molecule has 0 radical (unpaired) electrons. The third-order valence-electron chi connectivity index (χ3n) is 2.67. The van der Waals surface area contributed by atoms with Gasteiger partial charge in [0.2, 0.25) is 0 Å². The number of pyridine rings is 1. The summed E-state index contributed by atoms with van der Waals surface area (Å²) in [5, 5.41) is 0. The Balaban J connectivity index is 2.17. The number of aromatic nitrogens is 1. The fraction of sp³-hybridized carbons (Fsp3) is 0.200. The summed E-state index contributed by atoms with van der Waals surface area (Å²) in [5.41, 5.74) is 3.85. The van der Waals surface area contributed by atoms with Crippen LogP contribution in [0.1, 0.15) is 27.2 Å². The van der Waals surface area contributed by atoms with Crippen LogP contribution in [0.5, 0.6) is 0 Å². The smallest absolute Gasteiger partial charge is 0.167 e. The SMILES string of the molecule is Cc1cccc(C(=O)Cc2ccnc(C)c2)c1. The van der Waals surface area contributed by atoms with Crippen LogP contribution in [0.25, 0.3) is 0 Å². The number of carbonyl (C=O) groups is 1. The molecule has 0 saturated carbocycles. The van der Waals surface area contributed by atoms with Crippen molar-refractivity contribution < 1.29 is 4.79 Å². The molecule has 1 aromatic heterocycles. The van der Waals surface area contributed by atoms with Crippen molar-refractivity contribution in [1.82, 2.24) is 4.98 Å². The van der Waals surface area contributed by atoms with Crippen LogP contribution >= 0.6 is 0 Å². The number of nitrogens with zero attached hydrogens (tertiary/aromatic N) is 1. The number of hydrogen-bond donors (Lipinski definition) is 0. The third kappa shape index (κ3) is 3.00. The highest BCUT2D eigenvalue weighted by molar-refractivity contribution is 5.97. The van der Waals surface area contributed by atoms with Gasteiger partial charge in [-0.1, -0.05) is 23.8 Å². The average molecular weight is 225 g/mol. The molecule has 17 heavy (non-hydrogen) atoms. The van der Waals surface area contributed by atoms with Crippen molar-refractivity contribution in [3.05, 3.63) is 65.0 Å². The van der Waals surface area contributed by atoms with Crippen LogP contribution in [0.15, 0.2) is 42.6 Å². The quantitative estimate of drug-likeness (QED) is 0.751. The van der Waals surface area contributed by atoms with Crippen LogP contribution in [0.2, 0.25) is 0 Å². The lowest BCUT2D eigenvalue weighted by Crippen LogP contribution is -2.04. The van der Waals surface area contributed by atoms with E-state index < -0.39 is 0 Å². The van der Waals surface area contributed by atoms with E-state index in [9.17, 15) is 4.79 Å². The Morgan fingerprint density at radius 1 is 1.18 bits per heavy atom. The highest BCUT2D eigenvalue weighted by atomic mass is 16.1. The van der Waals surface area contributed by atoms with Gasteiger partial charge in [-0.15, -0.1) is 0 Å². The summed E-state index contributed by atoms with van der Waals surface area (Å²) in [5.74, 6) is 0.152. The molecule has 0 atom stereocenters. The maximum Gasteiger partial charge on any atom is 0.167 e. The van der Waals surface area contributed by atoms with Crippen molar-refractivity contribution >= 4 is 5.78 Å². The largest absolute Gasteiger partial charge is 0.294 e. The zero-order valence-corrected chi connectivity index (χ0v) is 10.1. The number of aryl methyl sites for hydroxylation is 2. The van der Waals surface area contributed by atoms with E-state index in [4.69, 9.17) is 0 Å². The lowest BCUT2D eigenvalue weighted by atomic mass is 10.0. The molecule has 0 aliphatic carbocycles. The molecule has 0 unspecified atom stereocenters. The lowest BCUT2D eigenvalue weighted by molar-refractivity contribution is 0.0993. The second-order valence-corrected chi connectivity index (χ2v) is 4.27. The summed E-state index contributed by atoms with van der Waals surface area (Å²) in [6.07, 6.45) is 2.18. The van der Waals surface area contributed by atoms with Gasteiger partial charge in [-0.05, 0) is 37.6 Å². The molecule has 0 bridgehead atoms. The topological polar surface area (TPSA) is 30.0 Å². The minimum absolute atomic E-state index is 0.152. The summed E-state index contributed by atoms with van der Waals surface area (Å²) < 4.78 is 0. The zero-order valence-electron chi connectivity index (χ0n) is 10.1. The molecule has 2 aromatic rings. The Bertz CT molecular complexity index is 546. The van der Waals surface area contributed by atoms with Gasteiger partial charge in [0.05, 0.1) is 0 Å². The normalized spacial score (nSPS) is 10.2. The molecule has 0 N–H and O–H groups in total. The van der Waals surface area contributed by atoms with Crippen LogP contribution in [0.4, 0.5) is 0 Å². The molecule has 86 valence electrons. The van der Waals surface area contributed by atoms with E-state index in [2.05, 4.69) is 4.98 Å². The third-order valence-corrected chi connectivity index (χ3v) is 2.67. The van der Waals surface area contributed by atoms with E-state index in [1.807, 2.05) is 50.2 Å². The summed E-state index contributed by atoms with van der Waals surface area (Å²) in [7, 11) is 0. The van der Waals surface area contributed by atoms with Gasteiger partial charge in [0.1, 0.15) is 0 Å². The molecule has 1 aromatic carbocycles. The highest BCUT2D eigenvalue weighted by Crippen LogP contribution is 2.09. The van der Waals surface area contributed by atoms with Gasteiger partial charge in [-0.2, -0.15) is 0 Å². The molecule has 2 heteroatoms. The Morgan fingerprint density at radius 3 is 2.71 bits per heavy atom. The predicted octanol–water partition coefficient (Wildman–Crippen LogP) is 3.12. The first kappa shape index (κ1) is 11.5. The van der Waals surface area contributed by atoms with Gasteiger partial charge < -0.3 is 0 Å². The minimum Gasteiger partial charge on any atom is -0.294 e. The fourth-order valence-electron chi connectivity index (χ4n) is 1.82. The number of benzene rings is 1. The van der Waals surface area contributed by atoms with Crippen molar-refractivity contribution in [2.45, 2.75) is 20.3 Å². The summed E-state index contributed by atoms with van der Waals surface area (Å²) in [6.45, 7) is 3.92. The van der Waals surface area contributed by atoms with E-state index in [1.54, 1.807) is 6.20 Å². The van der Waals surface area contributed by atoms with E-state index in [1.165, 1.54) is 0 Å². The van der Waals surface area contributed by atoms with Gasteiger partial charge in [-0.25, -0.2) is 0 Å². The first-order valence-corrected chi connectivity index (χ1v) is 5.66. The zero-order chi connectivity index (χ0) is 12.3. The average Bonchev–Trinajstić information content (AvgIpc) is 2.29. The first-order valence-electron chi connectivity index (χ1n) is 5.66. The number of rotatable bonds is 3. The van der Waals surface area contributed by atoms with Crippen molar-refractivity contribution in [3.63, 3.8) is 0 Å². The van der Waals surface area contributed by atoms with E-state index in [0.29, 0.717) is 6.42 Å². The van der Waals surface area contributed by atoms with E-state index in [-0.39, 0.29) is 5.78 Å². The predicted molar refractivity (Wildman–Crippen MR) is 68.2 cm³/mol. The Morgan fingerprint density at radius 2 is 2.00 bits per heavy atom. The molecule has 2 nitrogen and oxygen atoms in total. The minimum atomic E-state index is 0.152. The standard InChI is InChI=1S/C15H15NO/c1-11-4-3-5-14(8-11)15(17)10-13-6-7-16-12(2)9-13/h3-9H,10H2,1-2H3. The van der Waals surface area contributed by atoms with Crippen LogP contribution in [0, 0.1) is 13.8 Å². The van der Waals surface area contributed by atoms with Crippen LogP contribution < -0.4 is 0 Å². The number of hydrogen-bond acceptors (Lipinski definition) is 2. The van der Waals surface area contributed by atoms with Gasteiger partial charge in [-0.3, -0.25) is 9.78 Å². The highest BCUT2D eigenvalue weighted by Gasteiger charge is 2.07. The van der Waals surface area contributed by atoms with Crippen LogP contribution in [-0.2, 0) is 6.42 Å². The van der Waals surface area contributed by atoms with Crippen molar-refractivity contribution in [2.24, 2.45) is 0 Å². The monoisotopic (exact) mass is 225 g/mol. The molecule has 0 saturated heterocycles. The second kappa shape index (κ2) is 4.91. The summed E-state index contributed by atoms with van der Waals surface area (Å²) in [4.78, 5) is 16.2. The Kier molecular flexibility index (Phi) is 3.33. The number of Topliss-reactive ketones (excluding diaryl/α,β-unsaturated/α-hetero) is 1. The Hall–Kier alpha value is -1.96. The van der Waals surface area contributed by atoms with Gasteiger partial charge >= 0.3 is 0 Å². The maximum absolute atomic E-state index is 12.1. The molecule has 1 heterocycles. The molecule has 0 amide bonds. The first-order chi connectivity index (χ1) is 8.15. The number of carbonyl (C=O) groups excluding carboxylic acids is 1. The fourth-order valence-corrected chi connectivity index (χ4v) is 1.82. The van der Waals surface area contributed by atoms with Gasteiger partial charge in [0.15, 0.2) is 5.78 Å². The molecule has 0 aliphatic heterocycles. The molecule has 0 spiro atoms. The van der Waals surface area contributed by atoms with Gasteiger partial charge in [0, 0.05) is 23.9 Å². The van der Waals surface area contributed by atoms with E-state index in [0.717, 1.165) is 22.4 Å². The molecular weight excluding hydrogens is 210 g/mol.